The molecule has 1 aromatic rings. The maximum atomic E-state index is 6.47. The van der Waals surface area contributed by atoms with E-state index in [-0.39, 0.29) is 5.38 Å². The molecule has 16 heavy (non-hydrogen) atoms. The second-order valence-corrected chi connectivity index (χ2v) is 5.89. The van der Waals surface area contributed by atoms with Gasteiger partial charge in [0.25, 0.3) is 0 Å². The molecule has 2 unspecified atom stereocenters. The second-order valence-electron chi connectivity index (χ2n) is 5.33. The van der Waals surface area contributed by atoms with E-state index in [1.807, 2.05) is 18.2 Å². The predicted molar refractivity (Wildman–Crippen MR) is 68.2 cm³/mol. The average Bonchev–Trinajstić information content (AvgIpc) is 2.89. The first-order valence-electron chi connectivity index (χ1n) is 5.80. The van der Waals surface area contributed by atoms with Crippen molar-refractivity contribution in [2.45, 2.75) is 32.1 Å². The Balaban J connectivity index is 2.04. The molecule has 0 bridgehead atoms. The topological polar surface area (TPSA) is 9.23 Å². The highest BCUT2D eigenvalue weighted by Gasteiger charge is 2.49. The van der Waals surface area contributed by atoms with Crippen molar-refractivity contribution in [3.63, 3.8) is 0 Å². The monoisotopic (exact) mass is 238 g/mol. The zero-order valence-electron chi connectivity index (χ0n) is 10.2. The van der Waals surface area contributed by atoms with Gasteiger partial charge in [0.05, 0.1) is 7.11 Å². The number of rotatable bonds is 4. The predicted octanol–water partition coefficient (Wildman–Crippen LogP) is 3.89. The second kappa shape index (κ2) is 4.29. The highest BCUT2D eigenvalue weighted by molar-refractivity contribution is 6.21. The van der Waals surface area contributed by atoms with E-state index in [2.05, 4.69) is 19.9 Å². The smallest absolute Gasteiger partial charge is 0.122 e. The molecule has 0 radical (unpaired) electrons. The molecule has 1 saturated carbocycles. The first kappa shape index (κ1) is 11.8. The quantitative estimate of drug-likeness (QED) is 0.724. The van der Waals surface area contributed by atoms with Gasteiger partial charge in [-0.05, 0) is 35.8 Å². The molecule has 0 aliphatic heterocycles. The Labute approximate surface area is 103 Å². The summed E-state index contributed by atoms with van der Waals surface area (Å²) in [6.07, 6.45) is 2.15. The lowest BCUT2D eigenvalue weighted by Crippen LogP contribution is -2.10. The zero-order chi connectivity index (χ0) is 11.8. The van der Waals surface area contributed by atoms with Crippen LogP contribution in [-0.4, -0.2) is 12.5 Å². The van der Waals surface area contributed by atoms with Gasteiger partial charge in [-0.1, -0.05) is 32.0 Å². The SMILES string of the molecule is COc1ccccc1CC(Cl)C1CC1(C)C. The van der Waals surface area contributed by atoms with Crippen molar-refractivity contribution >= 4 is 11.6 Å². The molecular weight excluding hydrogens is 220 g/mol. The normalized spacial score (nSPS) is 23.9. The van der Waals surface area contributed by atoms with E-state index in [9.17, 15) is 0 Å². The van der Waals surface area contributed by atoms with Crippen LogP contribution in [0.2, 0.25) is 0 Å². The van der Waals surface area contributed by atoms with E-state index in [1.165, 1.54) is 12.0 Å². The molecule has 2 atom stereocenters. The van der Waals surface area contributed by atoms with Crippen molar-refractivity contribution in [1.29, 1.82) is 0 Å². The van der Waals surface area contributed by atoms with Crippen LogP contribution in [0.1, 0.15) is 25.8 Å². The third-order valence-electron chi connectivity index (χ3n) is 3.63. The van der Waals surface area contributed by atoms with Crippen molar-refractivity contribution < 1.29 is 4.74 Å². The molecule has 0 spiro atoms. The van der Waals surface area contributed by atoms with Crippen LogP contribution in [0.3, 0.4) is 0 Å². The molecule has 2 heteroatoms. The van der Waals surface area contributed by atoms with Crippen LogP contribution < -0.4 is 4.74 Å². The Hall–Kier alpha value is -0.690. The summed E-state index contributed by atoms with van der Waals surface area (Å²) in [7, 11) is 1.71. The number of methoxy groups -OCH3 is 1. The van der Waals surface area contributed by atoms with Gasteiger partial charge < -0.3 is 4.74 Å². The molecule has 1 nitrogen and oxygen atoms in total. The fourth-order valence-corrected chi connectivity index (χ4v) is 2.95. The fraction of sp³-hybridized carbons (Fsp3) is 0.571. The summed E-state index contributed by atoms with van der Waals surface area (Å²) in [5.74, 6) is 1.60. The van der Waals surface area contributed by atoms with Crippen LogP contribution in [0.4, 0.5) is 0 Å². The Morgan fingerprint density at radius 1 is 1.44 bits per heavy atom. The van der Waals surface area contributed by atoms with Crippen LogP contribution in [0.15, 0.2) is 24.3 Å². The van der Waals surface area contributed by atoms with E-state index in [0.717, 1.165) is 12.2 Å². The van der Waals surface area contributed by atoms with E-state index >= 15 is 0 Å². The molecule has 0 amide bonds. The number of benzene rings is 1. The van der Waals surface area contributed by atoms with Crippen LogP contribution >= 0.6 is 11.6 Å². The van der Waals surface area contributed by atoms with Crippen molar-refractivity contribution in [1.82, 2.24) is 0 Å². The van der Waals surface area contributed by atoms with E-state index in [0.29, 0.717) is 11.3 Å². The number of halogens is 1. The molecule has 1 aromatic carbocycles. The van der Waals surface area contributed by atoms with Crippen LogP contribution in [-0.2, 0) is 6.42 Å². The van der Waals surface area contributed by atoms with Gasteiger partial charge in [0.1, 0.15) is 5.75 Å². The Morgan fingerprint density at radius 3 is 2.62 bits per heavy atom. The van der Waals surface area contributed by atoms with Crippen LogP contribution in [0.25, 0.3) is 0 Å². The molecule has 0 saturated heterocycles. The van der Waals surface area contributed by atoms with Gasteiger partial charge in [-0.15, -0.1) is 11.6 Å². The first-order valence-corrected chi connectivity index (χ1v) is 6.24. The molecule has 0 N–H and O–H groups in total. The van der Waals surface area contributed by atoms with Gasteiger partial charge in [-0.3, -0.25) is 0 Å². The number of hydrogen-bond acceptors (Lipinski definition) is 1. The maximum Gasteiger partial charge on any atom is 0.122 e. The lowest BCUT2D eigenvalue weighted by molar-refractivity contribution is 0.408. The molecule has 1 aliphatic rings. The van der Waals surface area contributed by atoms with Crippen molar-refractivity contribution in [3.05, 3.63) is 29.8 Å². The van der Waals surface area contributed by atoms with Crippen LogP contribution in [0, 0.1) is 11.3 Å². The number of ether oxygens (including phenoxy) is 1. The van der Waals surface area contributed by atoms with Gasteiger partial charge >= 0.3 is 0 Å². The lowest BCUT2D eigenvalue weighted by Gasteiger charge is -2.13. The average molecular weight is 239 g/mol. The van der Waals surface area contributed by atoms with E-state index in [1.54, 1.807) is 7.11 Å². The molecule has 2 rings (SSSR count). The highest BCUT2D eigenvalue weighted by Crippen LogP contribution is 2.55. The Kier molecular flexibility index (Phi) is 3.16. The molecule has 88 valence electrons. The zero-order valence-corrected chi connectivity index (χ0v) is 10.9. The van der Waals surface area contributed by atoms with E-state index in [4.69, 9.17) is 16.3 Å². The molecular formula is C14H19ClO. The summed E-state index contributed by atoms with van der Waals surface area (Å²) in [6.45, 7) is 4.57. The minimum absolute atomic E-state index is 0.228. The molecule has 1 aliphatic carbocycles. The summed E-state index contributed by atoms with van der Waals surface area (Å²) in [4.78, 5) is 0. The first-order chi connectivity index (χ1) is 7.54. The van der Waals surface area contributed by atoms with Gasteiger partial charge in [0.2, 0.25) is 0 Å². The Bertz CT molecular complexity index is 373. The fourth-order valence-electron chi connectivity index (χ4n) is 2.35. The number of alkyl halides is 1. The summed E-state index contributed by atoms with van der Waals surface area (Å²) in [5, 5.41) is 0.228. The summed E-state index contributed by atoms with van der Waals surface area (Å²) in [5.41, 5.74) is 1.65. The van der Waals surface area contributed by atoms with Gasteiger partial charge in [-0.25, -0.2) is 0 Å². The standard InChI is InChI=1S/C14H19ClO/c1-14(2)9-11(14)12(15)8-10-6-4-5-7-13(10)16-3/h4-7,11-12H,8-9H2,1-3H3. The minimum atomic E-state index is 0.228. The maximum absolute atomic E-state index is 6.47. The third-order valence-corrected chi connectivity index (χ3v) is 4.09. The minimum Gasteiger partial charge on any atom is -0.496 e. The number of para-hydroxylation sites is 1. The third kappa shape index (κ3) is 2.35. The van der Waals surface area contributed by atoms with Gasteiger partial charge in [0, 0.05) is 5.38 Å². The van der Waals surface area contributed by atoms with Crippen molar-refractivity contribution in [2.24, 2.45) is 11.3 Å². The summed E-state index contributed by atoms with van der Waals surface area (Å²) in [6, 6.07) is 8.13. The largest absolute Gasteiger partial charge is 0.496 e. The highest BCUT2D eigenvalue weighted by atomic mass is 35.5. The van der Waals surface area contributed by atoms with Gasteiger partial charge in [-0.2, -0.15) is 0 Å². The molecule has 0 aromatic heterocycles. The van der Waals surface area contributed by atoms with Gasteiger partial charge in [0.15, 0.2) is 0 Å². The summed E-state index contributed by atoms with van der Waals surface area (Å²) >= 11 is 6.47. The number of hydrogen-bond donors (Lipinski definition) is 0. The molecule has 1 fully saturated rings. The van der Waals surface area contributed by atoms with Crippen molar-refractivity contribution in [2.75, 3.05) is 7.11 Å². The Morgan fingerprint density at radius 2 is 2.06 bits per heavy atom. The van der Waals surface area contributed by atoms with Crippen molar-refractivity contribution in [3.8, 4) is 5.75 Å². The van der Waals surface area contributed by atoms with E-state index < -0.39 is 0 Å². The molecule has 0 heterocycles. The lowest BCUT2D eigenvalue weighted by atomic mass is 10.0. The summed E-state index contributed by atoms with van der Waals surface area (Å²) < 4.78 is 5.34. The van der Waals surface area contributed by atoms with Crippen LogP contribution in [0.5, 0.6) is 5.75 Å².